The Balaban J connectivity index is 0.000000364. The lowest BCUT2D eigenvalue weighted by atomic mass is 9.97. The van der Waals surface area contributed by atoms with E-state index in [0.717, 1.165) is 6.42 Å². The van der Waals surface area contributed by atoms with Gasteiger partial charge in [-0.2, -0.15) is 18.3 Å². The van der Waals surface area contributed by atoms with Crippen molar-refractivity contribution in [1.82, 2.24) is 30.2 Å². The number of amides is 2. The van der Waals surface area contributed by atoms with Crippen molar-refractivity contribution in [3.05, 3.63) is 53.7 Å². The third-order valence-corrected chi connectivity index (χ3v) is 6.12. The lowest BCUT2D eigenvalue weighted by Crippen LogP contribution is -2.24. The van der Waals surface area contributed by atoms with Crippen molar-refractivity contribution in [2.75, 3.05) is 7.11 Å². The van der Waals surface area contributed by atoms with Gasteiger partial charge < -0.3 is 15.4 Å². The van der Waals surface area contributed by atoms with Crippen molar-refractivity contribution in [3.63, 3.8) is 0 Å². The van der Waals surface area contributed by atoms with Gasteiger partial charge in [-0.1, -0.05) is 25.7 Å². The Bertz CT molecular complexity index is 1300. The van der Waals surface area contributed by atoms with Crippen LogP contribution in [0.5, 0.6) is 5.75 Å². The fourth-order valence-electron chi connectivity index (χ4n) is 3.68. The van der Waals surface area contributed by atoms with E-state index in [4.69, 9.17) is 4.74 Å². The third kappa shape index (κ3) is 12.4. The van der Waals surface area contributed by atoms with E-state index in [1.54, 1.807) is 18.3 Å². The lowest BCUT2D eigenvalue weighted by Gasteiger charge is -2.20. The number of pyridine rings is 1. The molecule has 2 N–H and O–H groups in total. The van der Waals surface area contributed by atoms with Crippen LogP contribution in [0.15, 0.2) is 36.8 Å². The minimum absolute atomic E-state index is 0.0284. The van der Waals surface area contributed by atoms with Gasteiger partial charge in [-0.25, -0.2) is 18.3 Å². The van der Waals surface area contributed by atoms with E-state index in [1.807, 2.05) is 0 Å². The van der Waals surface area contributed by atoms with Crippen LogP contribution in [0.3, 0.4) is 0 Å². The SMILES string of the molecule is C1CC1.COc1ccnc(C(=O)NCc2cn3ncc(CNC(=O)CCC(F)(F)F)cc3n2)c1.FC1(F)CCCCC1. The van der Waals surface area contributed by atoms with E-state index in [9.17, 15) is 31.5 Å². The molecule has 3 aromatic rings. The first-order chi connectivity index (χ1) is 19.9. The molecule has 2 fully saturated rings. The number of ether oxygens (including phenoxy) is 1. The van der Waals surface area contributed by atoms with Gasteiger partial charge in [0, 0.05) is 38.1 Å². The number of rotatable bonds is 8. The average Bonchev–Trinajstić information content (AvgIpc) is 3.79. The summed E-state index contributed by atoms with van der Waals surface area (Å²) in [7, 11) is 1.49. The summed E-state index contributed by atoms with van der Waals surface area (Å²) in [6, 6.07) is 4.78. The second-order valence-corrected chi connectivity index (χ2v) is 10.0. The number of hydrogen-bond acceptors (Lipinski definition) is 6. The Labute approximate surface area is 240 Å². The normalized spacial score (nSPS) is 15.4. The fraction of sp³-hybridized carbons (Fsp3) is 0.536. The molecule has 0 aliphatic heterocycles. The highest BCUT2D eigenvalue weighted by Gasteiger charge is 2.30. The number of nitrogens with zero attached hydrogens (tertiary/aromatic N) is 4. The molecule has 0 aromatic carbocycles. The van der Waals surface area contributed by atoms with E-state index < -0.39 is 36.8 Å². The second-order valence-electron chi connectivity index (χ2n) is 10.0. The minimum Gasteiger partial charge on any atom is -0.497 e. The summed E-state index contributed by atoms with van der Waals surface area (Å²) in [6.07, 6.45) is 5.55. The van der Waals surface area contributed by atoms with Crippen LogP contribution in [-0.4, -0.2) is 50.6 Å². The number of fused-ring (bicyclic) bond motifs is 1. The Kier molecular flexibility index (Phi) is 12.0. The number of imidazole rings is 1. The van der Waals surface area contributed by atoms with Crippen LogP contribution in [-0.2, 0) is 17.9 Å². The summed E-state index contributed by atoms with van der Waals surface area (Å²) in [5.74, 6) is -2.91. The predicted octanol–water partition coefficient (Wildman–Crippen LogP) is 5.78. The first-order valence-corrected chi connectivity index (χ1v) is 13.8. The van der Waals surface area contributed by atoms with Gasteiger partial charge in [0.05, 0.1) is 38.2 Å². The molecule has 3 aromatic heterocycles. The molecule has 0 radical (unpaired) electrons. The lowest BCUT2D eigenvalue weighted by molar-refractivity contribution is -0.144. The number of nitrogens with one attached hydrogen (secondary N) is 2. The second kappa shape index (κ2) is 15.4. The Morgan fingerprint density at radius 1 is 1.02 bits per heavy atom. The molecule has 14 heteroatoms. The summed E-state index contributed by atoms with van der Waals surface area (Å²) in [5, 5.41) is 9.27. The van der Waals surface area contributed by atoms with Gasteiger partial charge in [-0.05, 0) is 30.5 Å². The Hall–Kier alpha value is -3.84. The first kappa shape index (κ1) is 32.7. The molecule has 3 heterocycles. The molecule has 2 saturated carbocycles. The van der Waals surface area contributed by atoms with E-state index in [1.165, 1.54) is 49.3 Å². The van der Waals surface area contributed by atoms with E-state index >= 15 is 0 Å². The summed E-state index contributed by atoms with van der Waals surface area (Å²) in [5.41, 5.74) is 1.78. The zero-order valence-corrected chi connectivity index (χ0v) is 23.4. The van der Waals surface area contributed by atoms with Crippen molar-refractivity contribution in [3.8, 4) is 5.75 Å². The van der Waals surface area contributed by atoms with Crippen molar-refractivity contribution in [1.29, 1.82) is 0 Å². The van der Waals surface area contributed by atoms with Gasteiger partial charge in [-0.3, -0.25) is 14.6 Å². The van der Waals surface area contributed by atoms with Crippen molar-refractivity contribution < 1.29 is 36.3 Å². The quantitative estimate of drug-likeness (QED) is 0.318. The minimum atomic E-state index is -4.37. The topological polar surface area (TPSA) is 111 Å². The maximum absolute atomic E-state index is 12.2. The highest BCUT2D eigenvalue weighted by Crippen LogP contribution is 2.32. The smallest absolute Gasteiger partial charge is 0.389 e. The number of carbonyl (C=O) groups excluding carboxylic acids is 2. The molecular weight excluding hydrogens is 563 g/mol. The molecule has 0 saturated heterocycles. The maximum Gasteiger partial charge on any atom is 0.389 e. The molecule has 2 aliphatic carbocycles. The van der Waals surface area contributed by atoms with Gasteiger partial charge in [0.25, 0.3) is 5.91 Å². The monoisotopic (exact) mass is 598 g/mol. The third-order valence-electron chi connectivity index (χ3n) is 6.12. The van der Waals surface area contributed by atoms with Crippen LogP contribution in [0, 0.1) is 0 Å². The van der Waals surface area contributed by atoms with Crippen molar-refractivity contribution >= 4 is 17.5 Å². The Morgan fingerprint density at radius 3 is 2.31 bits per heavy atom. The Morgan fingerprint density at radius 2 is 1.71 bits per heavy atom. The summed E-state index contributed by atoms with van der Waals surface area (Å²) in [6.45, 7) is 0.158. The molecule has 0 spiro atoms. The molecule has 2 aliphatic rings. The van der Waals surface area contributed by atoms with Crippen LogP contribution in [0.1, 0.15) is 86.0 Å². The average molecular weight is 599 g/mol. The van der Waals surface area contributed by atoms with Gasteiger partial charge in [0.1, 0.15) is 11.4 Å². The number of aromatic nitrogens is 4. The molecular formula is C28H35F5N6O3. The first-order valence-electron chi connectivity index (χ1n) is 13.8. The van der Waals surface area contributed by atoms with Crippen LogP contribution in [0.2, 0.25) is 0 Å². The molecule has 0 bridgehead atoms. The summed E-state index contributed by atoms with van der Waals surface area (Å²) in [4.78, 5) is 32.1. The van der Waals surface area contributed by atoms with Gasteiger partial charge in [0.2, 0.25) is 11.8 Å². The molecule has 230 valence electrons. The van der Waals surface area contributed by atoms with Crippen LogP contribution in [0.25, 0.3) is 5.65 Å². The van der Waals surface area contributed by atoms with Crippen LogP contribution >= 0.6 is 0 Å². The number of hydrogen-bond donors (Lipinski definition) is 2. The predicted molar refractivity (Wildman–Crippen MR) is 144 cm³/mol. The highest BCUT2D eigenvalue weighted by atomic mass is 19.4. The van der Waals surface area contributed by atoms with E-state index in [2.05, 4.69) is 25.7 Å². The maximum atomic E-state index is 12.2. The van der Waals surface area contributed by atoms with E-state index in [0.29, 0.717) is 35.5 Å². The summed E-state index contributed by atoms with van der Waals surface area (Å²) < 4.78 is 67.4. The molecule has 5 rings (SSSR count). The van der Waals surface area contributed by atoms with Crippen LogP contribution in [0.4, 0.5) is 22.0 Å². The highest BCUT2D eigenvalue weighted by molar-refractivity contribution is 5.92. The number of carbonyl (C=O) groups is 2. The van der Waals surface area contributed by atoms with Gasteiger partial charge >= 0.3 is 6.18 Å². The zero-order chi connectivity index (χ0) is 30.6. The molecule has 42 heavy (non-hydrogen) atoms. The molecule has 9 nitrogen and oxygen atoms in total. The number of alkyl halides is 5. The summed E-state index contributed by atoms with van der Waals surface area (Å²) >= 11 is 0. The van der Waals surface area contributed by atoms with E-state index in [-0.39, 0.29) is 31.6 Å². The van der Waals surface area contributed by atoms with Crippen LogP contribution < -0.4 is 15.4 Å². The largest absolute Gasteiger partial charge is 0.497 e. The molecule has 0 atom stereocenters. The van der Waals surface area contributed by atoms with Crippen molar-refractivity contribution in [2.45, 2.75) is 89.4 Å². The molecule has 0 unspecified atom stereocenters. The standard InChI is InChI=1S/C19H19F3N6O3.C6H10F2.C3H6/c1-31-14-3-5-23-15(7-14)18(30)25-10-13-11-28-16(27-13)6-12(9-26-28)8-24-17(29)2-4-19(20,21)22;7-6(8)4-2-1-3-5-6;1-2-3-1/h3,5-7,9,11H,2,4,8,10H2,1H3,(H,24,29)(H,25,30);1-5H2;1-3H2. The zero-order valence-electron chi connectivity index (χ0n) is 23.4. The van der Waals surface area contributed by atoms with Crippen molar-refractivity contribution in [2.24, 2.45) is 0 Å². The number of methoxy groups -OCH3 is 1. The number of halogens is 5. The van der Waals surface area contributed by atoms with Gasteiger partial charge in [0.15, 0.2) is 5.65 Å². The van der Waals surface area contributed by atoms with Gasteiger partial charge in [-0.15, -0.1) is 0 Å². The fourth-order valence-corrected chi connectivity index (χ4v) is 3.68. The molecule has 2 amide bonds.